The van der Waals surface area contributed by atoms with E-state index in [0.717, 1.165) is 12.1 Å². The zero-order valence-corrected chi connectivity index (χ0v) is 26.4. The molecule has 0 aliphatic rings. The van der Waals surface area contributed by atoms with Gasteiger partial charge in [0.15, 0.2) is 29.1 Å². The lowest BCUT2D eigenvalue weighted by Crippen LogP contribution is -2.18. The van der Waals surface area contributed by atoms with E-state index in [1.165, 1.54) is 44.4 Å². The molecule has 1 aromatic heterocycles. The SMILES string of the molecule is CNS(=O)(=O)c1ccc(C(C)=NNc2cc(NN=C(C)c3ccc(S(=O)(=O)NC)cc3)nc(Nc3cc(F)c(F)c(F)c3)n2)cc1. The first-order valence-electron chi connectivity index (χ1n) is 13.2. The lowest BCUT2D eigenvalue weighted by atomic mass is 10.1. The van der Waals surface area contributed by atoms with Crippen LogP contribution in [-0.2, 0) is 20.0 Å². The van der Waals surface area contributed by atoms with Gasteiger partial charge in [-0.05, 0) is 63.3 Å². The van der Waals surface area contributed by atoms with Crippen LogP contribution in [0.15, 0.2) is 86.7 Å². The van der Waals surface area contributed by atoms with Crippen molar-refractivity contribution in [1.29, 1.82) is 0 Å². The van der Waals surface area contributed by atoms with Crippen LogP contribution in [-0.4, -0.2) is 52.3 Å². The molecule has 13 nitrogen and oxygen atoms in total. The van der Waals surface area contributed by atoms with Gasteiger partial charge in [-0.25, -0.2) is 39.5 Å². The molecular formula is C28H28F3N9O4S2. The smallest absolute Gasteiger partial charge is 0.240 e. The monoisotopic (exact) mass is 675 g/mol. The Kier molecular flexibility index (Phi) is 10.4. The Balaban J connectivity index is 1.62. The molecule has 4 rings (SSSR count). The Hall–Kier alpha value is -4.91. The van der Waals surface area contributed by atoms with Gasteiger partial charge in [0.05, 0.1) is 21.2 Å². The third-order valence-corrected chi connectivity index (χ3v) is 9.21. The van der Waals surface area contributed by atoms with Crippen LogP contribution in [0.2, 0.25) is 0 Å². The summed E-state index contributed by atoms with van der Waals surface area (Å²) in [4.78, 5) is 8.63. The van der Waals surface area contributed by atoms with Gasteiger partial charge >= 0.3 is 0 Å². The number of rotatable bonds is 12. The number of hydrogen-bond donors (Lipinski definition) is 5. The summed E-state index contributed by atoms with van der Waals surface area (Å²) < 4.78 is 93.6. The fraction of sp³-hybridized carbons (Fsp3) is 0.143. The van der Waals surface area contributed by atoms with Gasteiger partial charge in [0, 0.05) is 23.9 Å². The van der Waals surface area contributed by atoms with E-state index in [9.17, 15) is 30.0 Å². The lowest BCUT2D eigenvalue weighted by Gasteiger charge is -2.11. The Morgan fingerprint density at radius 3 is 1.41 bits per heavy atom. The van der Waals surface area contributed by atoms with E-state index in [0.29, 0.717) is 22.6 Å². The summed E-state index contributed by atoms with van der Waals surface area (Å²) in [5, 5.41) is 11.2. The van der Waals surface area contributed by atoms with Crippen molar-refractivity contribution in [2.45, 2.75) is 23.6 Å². The largest absolute Gasteiger partial charge is 0.324 e. The van der Waals surface area contributed by atoms with Crippen LogP contribution >= 0.6 is 0 Å². The summed E-state index contributed by atoms with van der Waals surface area (Å²) >= 11 is 0. The van der Waals surface area contributed by atoms with E-state index in [-0.39, 0.29) is 33.1 Å². The van der Waals surface area contributed by atoms with Gasteiger partial charge < -0.3 is 5.32 Å². The second kappa shape index (κ2) is 14.0. The minimum absolute atomic E-state index is 0.0743. The maximum absolute atomic E-state index is 13.8. The second-order valence-corrected chi connectivity index (χ2v) is 13.2. The summed E-state index contributed by atoms with van der Waals surface area (Å²) in [6, 6.07) is 14.8. The molecule has 0 radical (unpaired) electrons. The molecule has 0 aliphatic carbocycles. The Labute approximate surface area is 263 Å². The van der Waals surface area contributed by atoms with Gasteiger partial charge in [-0.15, -0.1) is 0 Å². The standard InChI is InChI=1S/C28H28F3N9O4S2/c1-16(18-5-9-21(10-6-18)45(41,42)32-3)37-39-25-15-26(36-28(35-25)34-20-13-23(29)27(31)24(30)14-20)40-38-17(2)19-7-11-22(12-8-19)46(43,44)33-4/h5-15,32-33H,1-4H3,(H3,34,35,36,39,40). The number of nitrogens with one attached hydrogen (secondary N) is 5. The highest BCUT2D eigenvalue weighted by molar-refractivity contribution is 7.89. The highest BCUT2D eigenvalue weighted by atomic mass is 32.2. The molecule has 0 fully saturated rings. The van der Waals surface area contributed by atoms with E-state index >= 15 is 0 Å². The molecule has 0 saturated heterocycles. The maximum atomic E-state index is 13.8. The highest BCUT2D eigenvalue weighted by Gasteiger charge is 2.14. The summed E-state index contributed by atoms with van der Waals surface area (Å²) in [6.45, 7) is 3.33. The van der Waals surface area contributed by atoms with Crippen molar-refractivity contribution in [3.8, 4) is 0 Å². The van der Waals surface area contributed by atoms with Crippen LogP contribution in [0.3, 0.4) is 0 Å². The third kappa shape index (κ3) is 8.21. The van der Waals surface area contributed by atoms with Crippen molar-refractivity contribution in [2.75, 3.05) is 30.3 Å². The number of halogens is 3. The fourth-order valence-corrected chi connectivity index (χ4v) is 5.23. The number of hydrogen-bond acceptors (Lipinski definition) is 11. The maximum Gasteiger partial charge on any atom is 0.240 e. The first kappa shape index (κ1) is 34.0. The number of benzene rings is 3. The molecule has 4 aromatic rings. The normalized spacial score (nSPS) is 12.6. The minimum Gasteiger partial charge on any atom is -0.324 e. The molecule has 0 saturated carbocycles. The molecule has 0 atom stereocenters. The first-order chi connectivity index (χ1) is 21.7. The van der Waals surface area contributed by atoms with E-state index < -0.39 is 37.5 Å². The van der Waals surface area contributed by atoms with E-state index in [1.54, 1.807) is 38.1 Å². The van der Waals surface area contributed by atoms with Crippen LogP contribution in [0.1, 0.15) is 25.0 Å². The van der Waals surface area contributed by atoms with Gasteiger partial charge in [-0.3, -0.25) is 10.9 Å². The predicted octanol–water partition coefficient (Wildman–Crippen LogP) is 4.13. The van der Waals surface area contributed by atoms with Gasteiger partial charge in [0.25, 0.3) is 0 Å². The molecule has 1 heterocycles. The van der Waals surface area contributed by atoms with Crippen molar-refractivity contribution in [2.24, 2.45) is 10.2 Å². The van der Waals surface area contributed by atoms with Crippen molar-refractivity contribution in [1.82, 2.24) is 19.4 Å². The topological polar surface area (TPSA) is 179 Å². The molecular weight excluding hydrogens is 647 g/mol. The zero-order chi connectivity index (χ0) is 33.6. The summed E-state index contributed by atoms with van der Waals surface area (Å²) in [5.41, 5.74) is 7.43. The molecule has 3 aromatic carbocycles. The van der Waals surface area contributed by atoms with Crippen molar-refractivity contribution < 1.29 is 30.0 Å². The lowest BCUT2D eigenvalue weighted by molar-refractivity contribution is 0.448. The number of sulfonamides is 2. The minimum atomic E-state index is -3.62. The van der Waals surface area contributed by atoms with Gasteiger partial charge in [0.1, 0.15) is 0 Å². The van der Waals surface area contributed by atoms with Crippen LogP contribution in [0, 0.1) is 17.5 Å². The quantitative estimate of drug-likeness (QED) is 0.0839. The van der Waals surface area contributed by atoms with Gasteiger partial charge in [-0.1, -0.05) is 24.3 Å². The molecule has 18 heteroatoms. The predicted molar refractivity (Wildman–Crippen MR) is 169 cm³/mol. The molecule has 0 unspecified atom stereocenters. The number of anilines is 4. The van der Waals surface area contributed by atoms with Crippen LogP contribution in [0.25, 0.3) is 0 Å². The van der Waals surface area contributed by atoms with Crippen LogP contribution < -0.4 is 25.6 Å². The van der Waals surface area contributed by atoms with E-state index in [4.69, 9.17) is 0 Å². The molecule has 242 valence electrons. The Bertz CT molecular complexity index is 1890. The Morgan fingerprint density at radius 1 is 0.652 bits per heavy atom. The molecule has 0 spiro atoms. The van der Waals surface area contributed by atoms with Crippen molar-refractivity contribution in [3.63, 3.8) is 0 Å². The average molecular weight is 676 g/mol. The number of hydrazone groups is 2. The molecule has 0 aliphatic heterocycles. The van der Waals surface area contributed by atoms with E-state index in [1.807, 2.05) is 0 Å². The van der Waals surface area contributed by atoms with Gasteiger partial charge in [0.2, 0.25) is 26.0 Å². The summed E-state index contributed by atoms with van der Waals surface area (Å²) in [7, 11) is -4.63. The fourth-order valence-electron chi connectivity index (χ4n) is 3.77. The third-order valence-electron chi connectivity index (χ3n) is 6.34. The number of aromatic nitrogens is 2. The van der Waals surface area contributed by atoms with Crippen LogP contribution in [0.4, 0.5) is 36.4 Å². The summed E-state index contributed by atoms with van der Waals surface area (Å²) in [6.07, 6.45) is 0. The molecule has 0 amide bonds. The zero-order valence-electron chi connectivity index (χ0n) is 24.7. The first-order valence-corrected chi connectivity index (χ1v) is 16.2. The average Bonchev–Trinajstić information content (AvgIpc) is 3.05. The highest BCUT2D eigenvalue weighted by Crippen LogP contribution is 2.23. The van der Waals surface area contributed by atoms with Crippen LogP contribution in [0.5, 0.6) is 0 Å². The van der Waals surface area contributed by atoms with Gasteiger partial charge in [-0.2, -0.15) is 20.2 Å². The second-order valence-electron chi connectivity index (χ2n) is 9.42. The molecule has 46 heavy (non-hydrogen) atoms. The Morgan fingerprint density at radius 2 is 1.04 bits per heavy atom. The molecule has 5 N–H and O–H groups in total. The summed E-state index contributed by atoms with van der Waals surface area (Å²) in [5.74, 6) is -4.43. The molecule has 0 bridgehead atoms. The van der Waals surface area contributed by atoms with Crippen molar-refractivity contribution >= 4 is 54.7 Å². The van der Waals surface area contributed by atoms with Crippen molar-refractivity contribution in [3.05, 3.63) is 95.3 Å². The number of nitrogens with zero attached hydrogens (tertiary/aromatic N) is 4. The van der Waals surface area contributed by atoms with E-state index in [2.05, 4.69) is 45.8 Å².